The van der Waals surface area contributed by atoms with Gasteiger partial charge >= 0.3 is 0 Å². The Bertz CT molecular complexity index is 501. The lowest BCUT2D eigenvalue weighted by atomic mass is 10.0. The van der Waals surface area contributed by atoms with Gasteiger partial charge < -0.3 is 0 Å². The van der Waals surface area contributed by atoms with Crippen LogP contribution in [0, 0.1) is 0 Å². The maximum atomic E-state index is 4.48. The van der Waals surface area contributed by atoms with Gasteiger partial charge in [0, 0.05) is 5.39 Å². The van der Waals surface area contributed by atoms with Gasteiger partial charge in [0.25, 0.3) is 0 Å². The normalized spacial score (nSPS) is 12.6. The van der Waals surface area contributed by atoms with Crippen molar-refractivity contribution in [1.29, 1.82) is 0 Å². The third kappa shape index (κ3) is 1.84. The second kappa shape index (κ2) is 3.62. The fourth-order valence-corrected chi connectivity index (χ4v) is 1.93. The van der Waals surface area contributed by atoms with Crippen LogP contribution in [-0.4, -0.2) is 9.78 Å². The van der Waals surface area contributed by atoms with Crippen LogP contribution in [0.3, 0.4) is 0 Å². The van der Waals surface area contributed by atoms with Crippen LogP contribution in [0.25, 0.3) is 10.9 Å². The first-order valence-corrected chi connectivity index (χ1v) is 5.88. The fraction of sp³-hybridized carbons (Fsp3) is 0.500. The van der Waals surface area contributed by atoms with Crippen LogP contribution in [-0.2, 0) is 5.54 Å². The molecular weight excluding hydrogens is 196 g/mol. The Morgan fingerprint density at radius 3 is 2.44 bits per heavy atom. The molecule has 0 N–H and O–H groups in total. The summed E-state index contributed by atoms with van der Waals surface area (Å²) in [7, 11) is 0. The van der Waals surface area contributed by atoms with Gasteiger partial charge in [-0.15, -0.1) is 0 Å². The van der Waals surface area contributed by atoms with Crippen LogP contribution < -0.4 is 0 Å². The smallest absolute Gasteiger partial charge is 0.0691 e. The van der Waals surface area contributed by atoms with E-state index in [1.165, 1.54) is 16.5 Å². The van der Waals surface area contributed by atoms with Crippen LogP contribution >= 0.6 is 0 Å². The lowest BCUT2D eigenvalue weighted by molar-refractivity contribution is 0.368. The average Bonchev–Trinajstić information content (AvgIpc) is 2.58. The van der Waals surface area contributed by atoms with Gasteiger partial charge in [-0.3, -0.25) is 4.68 Å². The summed E-state index contributed by atoms with van der Waals surface area (Å²) in [5.74, 6) is 0.563. The molecule has 0 saturated heterocycles. The SMILES string of the molecule is CC(C)c1ccc2cnn(C(C)(C)C)c2c1. The first-order valence-electron chi connectivity index (χ1n) is 5.88. The van der Waals surface area contributed by atoms with Crippen molar-refractivity contribution in [3.05, 3.63) is 30.0 Å². The topological polar surface area (TPSA) is 17.8 Å². The Kier molecular flexibility index (Phi) is 2.53. The minimum absolute atomic E-state index is 0.0390. The molecule has 1 aromatic carbocycles. The van der Waals surface area contributed by atoms with E-state index < -0.39 is 0 Å². The Morgan fingerprint density at radius 2 is 1.88 bits per heavy atom. The third-order valence-corrected chi connectivity index (χ3v) is 2.90. The van der Waals surface area contributed by atoms with E-state index in [0.717, 1.165) is 0 Å². The summed E-state index contributed by atoms with van der Waals surface area (Å²) in [6.45, 7) is 11.0. The highest BCUT2D eigenvalue weighted by atomic mass is 15.3. The van der Waals surface area contributed by atoms with Gasteiger partial charge in [0.1, 0.15) is 0 Å². The minimum atomic E-state index is 0.0390. The summed E-state index contributed by atoms with van der Waals surface area (Å²) in [6, 6.07) is 6.62. The molecule has 1 aromatic heterocycles. The summed E-state index contributed by atoms with van der Waals surface area (Å²) in [4.78, 5) is 0. The summed E-state index contributed by atoms with van der Waals surface area (Å²) in [6.07, 6.45) is 1.95. The van der Waals surface area contributed by atoms with Crippen molar-refractivity contribution in [1.82, 2.24) is 9.78 Å². The lowest BCUT2D eigenvalue weighted by Gasteiger charge is -2.21. The number of nitrogens with zero attached hydrogens (tertiary/aromatic N) is 2. The lowest BCUT2D eigenvalue weighted by Crippen LogP contribution is -2.22. The molecule has 0 spiro atoms. The van der Waals surface area contributed by atoms with Gasteiger partial charge in [-0.2, -0.15) is 5.10 Å². The van der Waals surface area contributed by atoms with Crippen molar-refractivity contribution in [3.63, 3.8) is 0 Å². The zero-order valence-electron chi connectivity index (χ0n) is 10.8. The molecular formula is C14H20N2. The van der Waals surface area contributed by atoms with Crippen molar-refractivity contribution in [2.24, 2.45) is 0 Å². The molecule has 0 radical (unpaired) electrons. The van der Waals surface area contributed by atoms with Crippen LogP contribution in [0.2, 0.25) is 0 Å². The standard InChI is InChI=1S/C14H20N2/c1-10(2)11-6-7-12-9-15-16(13(12)8-11)14(3,4)5/h6-10H,1-5H3. The largest absolute Gasteiger partial charge is 0.260 e. The zero-order valence-corrected chi connectivity index (χ0v) is 10.8. The zero-order chi connectivity index (χ0) is 11.9. The van der Waals surface area contributed by atoms with Crippen molar-refractivity contribution in [2.45, 2.75) is 46.1 Å². The number of aromatic nitrogens is 2. The Morgan fingerprint density at radius 1 is 1.19 bits per heavy atom. The van der Waals surface area contributed by atoms with Gasteiger partial charge in [0.05, 0.1) is 17.3 Å². The van der Waals surface area contributed by atoms with E-state index in [1.54, 1.807) is 0 Å². The van der Waals surface area contributed by atoms with Gasteiger partial charge in [-0.25, -0.2) is 0 Å². The highest BCUT2D eigenvalue weighted by molar-refractivity contribution is 5.79. The second-order valence-corrected chi connectivity index (χ2v) is 5.70. The molecule has 0 bridgehead atoms. The van der Waals surface area contributed by atoms with Crippen LogP contribution in [0.1, 0.15) is 46.1 Å². The molecule has 0 amide bonds. The molecule has 0 fully saturated rings. The highest BCUT2D eigenvalue weighted by Crippen LogP contribution is 2.25. The van der Waals surface area contributed by atoms with E-state index in [1.807, 2.05) is 6.20 Å². The van der Waals surface area contributed by atoms with E-state index in [9.17, 15) is 0 Å². The third-order valence-electron chi connectivity index (χ3n) is 2.90. The summed E-state index contributed by atoms with van der Waals surface area (Å²) in [5, 5.41) is 5.71. The molecule has 0 saturated carbocycles. The molecule has 0 aliphatic carbocycles. The van der Waals surface area contributed by atoms with Gasteiger partial charge in [0.15, 0.2) is 0 Å². The van der Waals surface area contributed by atoms with Crippen molar-refractivity contribution in [2.75, 3.05) is 0 Å². The van der Waals surface area contributed by atoms with Crippen LogP contribution in [0.15, 0.2) is 24.4 Å². The molecule has 2 rings (SSSR count). The fourth-order valence-electron chi connectivity index (χ4n) is 1.93. The predicted octanol–water partition coefficient (Wildman–Crippen LogP) is 3.91. The summed E-state index contributed by atoms with van der Waals surface area (Å²) >= 11 is 0. The Balaban J connectivity index is 2.65. The number of benzene rings is 1. The quantitative estimate of drug-likeness (QED) is 0.706. The molecule has 86 valence electrons. The van der Waals surface area contributed by atoms with E-state index >= 15 is 0 Å². The molecule has 0 aliphatic rings. The van der Waals surface area contributed by atoms with Gasteiger partial charge in [0.2, 0.25) is 0 Å². The van der Waals surface area contributed by atoms with Gasteiger partial charge in [-0.1, -0.05) is 26.0 Å². The predicted molar refractivity (Wildman–Crippen MR) is 68.8 cm³/mol. The molecule has 2 heteroatoms. The monoisotopic (exact) mass is 216 g/mol. The first kappa shape index (κ1) is 11.2. The maximum absolute atomic E-state index is 4.48. The second-order valence-electron chi connectivity index (χ2n) is 5.70. The van der Waals surface area contributed by atoms with Crippen LogP contribution in [0.5, 0.6) is 0 Å². The Hall–Kier alpha value is -1.31. The van der Waals surface area contributed by atoms with Gasteiger partial charge in [-0.05, 0) is 38.3 Å². The van der Waals surface area contributed by atoms with E-state index in [-0.39, 0.29) is 5.54 Å². The first-order chi connectivity index (χ1) is 7.39. The molecule has 1 heterocycles. The Labute approximate surface area is 97.3 Å². The van der Waals surface area contributed by atoms with E-state index in [0.29, 0.717) is 5.92 Å². The molecule has 0 unspecified atom stereocenters. The van der Waals surface area contributed by atoms with E-state index in [4.69, 9.17) is 0 Å². The molecule has 2 nitrogen and oxygen atoms in total. The number of hydrogen-bond donors (Lipinski definition) is 0. The maximum Gasteiger partial charge on any atom is 0.0691 e. The van der Waals surface area contributed by atoms with Crippen molar-refractivity contribution in [3.8, 4) is 0 Å². The van der Waals surface area contributed by atoms with Crippen molar-refractivity contribution < 1.29 is 0 Å². The van der Waals surface area contributed by atoms with Crippen LogP contribution in [0.4, 0.5) is 0 Å². The molecule has 16 heavy (non-hydrogen) atoms. The molecule has 0 aliphatic heterocycles. The highest BCUT2D eigenvalue weighted by Gasteiger charge is 2.17. The minimum Gasteiger partial charge on any atom is -0.260 e. The molecule has 2 aromatic rings. The van der Waals surface area contributed by atoms with Crippen molar-refractivity contribution >= 4 is 10.9 Å². The number of rotatable bonds is 1. The van der Waals surface area contributed by atoms with E-state index in [2.05, 4.69) is 62.6 Å². The summed E-state index contributed by atoms with van der Waals surface area (Å²) < 4.78 is 2.11. The molecule has 0 atom stereocenters. The summed E-state index contributed by atoms with van der Waals surface area (Å²) in [5.41, 5.74) is 2.65. The number of hydrogen-bond acceptors (Lipinski definition) is 1. The average molecular weight is 216 g/mol. The number of fused-ring (bicyclic) bond motifs is 1.